The van der Waals surface area contributed by atoms with Gasteiger partial charge in [0.15, 0.2) is 0 Å². The summed E-state index contributed by atoms with van der Waals surface area (Å²) in [6.07, 6.45) is 3.61. The molecule has 2 heterocycles. The van der Waals surface area contributed by atoms with Gasteiger partial charge in [-0.1, -0.05) is 54.1 Å². The summed E-state index contributed by atoms with van der Waals surface area (Å²) < 4.78 is 15.4. The number of aromatic nitrogens is 1. The van der Waals surface area contributed by atoms with E-state index in [0.29, 0.717) is 27.6 Å². The van der Waals surface area contributed by atoms with Gasteiger partial charge in [-0.05, 0) is 53.2 Å². The van der Waals surface area contributed by atoms with E-state index in [4.69, 9.17) is 11.6 Å². The number of benzene rings is 3. The molecule has 0 radical (unpaired) electrons. The van der Waals surface area contributed by atoms with Crippen molar-refractivity contribution in [3.63, 3.8) is 0 Å². The molecule has 0 bridgehead atoms. The zero-order valence-electron chi connectivity index (χ0n) is 18.2. The molecule has 1 fully saturated rings. The SMILES string of the molecule is N#Cc1ccccc1CN1C(=O)S/C(=C\c2cn(Cc3ccc(F)cc3Cl)c3ccccc23)C1=O. The lowest BCUT2D eigenvalue weighted by molar-refractivity contribution is -0.123. The Morgan fingerprint density at radius 1 is 1.00 bits per heavy atom. The van der Waals surface area contributed by atoms with Crippen LogP contribution in [0.25, 0.3) is 17.0 Å². The van der Waals surface area contributed by atoms with Gasteiger partial charge in [-0.25, -0.2) is 4.39 Å². The highest BCUT2D eigenvalue weighted by Gasteiger charge is 2.35. The predicted molar refractivity (Wildman–Crippen MR) is 135 cm³/mol. The number of hydrogen-bond acceptors (Lipinski definition) is 4. The molecule has 35 heavy (non-hydrogen) atoms. The molecule has 0 saturated carbocycles. The Bertz CT molecular complexity index is 1570. The van der Waals surface area contributed by atoms with E-state index in [1.807, 2.05) is 35.0 Å². The van der Waals surface area contributed by atoms with Crippen molar-refractivity contribution in [2.75, 3.05) is 0 Å². The molecule has 2 amide bonds. The molecule has 0 aliphatic carbocycles. The predicted octanol–water partition coefficient (Wildman–Crippen LogP) is 6.59. The normalized spacial score (nSPS) is 14.8. The number of para-hydroxylation sites is 1. The first-order chi connectivity index (χ1) is 16.9. The highest BCUT2D eigenvalue weighted by atomic mass is 35.5. The van der Waals surface area contributed by atoms with Crippen molar-refractivity contribution >= 4 is 51.5 Å². The van der Waals surface area contributed by atoms with Crippen LogP contribution in [0.1, 0.15) is 22.3 Å². The smallest absolute Gasteiger partial charge is 0.293 e. The van der Waals surface area contributed by atoms with Crippen LogP contribution in [0.2, 0.25) is 5.02 Å². The zero-order valence-corrected chi connectivity index (χ0v) is 19.8. The summed E-state index contributed by atoms with van der Waals surface area (Å²) >= 11 is 7.12. The molecule has 1 aliphatic rings. The van der Waals surface area contributed by atoms with Crippen molar-refractivity contribution in [1.82, 2.24) is 9.47 Å². The van der Waals surface area contributed by atoms with E-state index in [1.165, 1.54) is 12.1 Å². The summed E-state index contributed by atoms with van der Waals surface area (Å²) in [7, 11) is 0. The summed E-state index contributed by atoms with van der Waals surface area (Å²) in [4.78, 5) is 27.2. The van der Waals surface area contributed by atoms with Crippen molar-refractivity contribution in [1.29, 1.82) is 5.26 Å². The van der Waals surface area contributed by atoms with Crippen LogP contribution in [0, 0.1) is 17.1 Å². The van der Waals surface area contributed by atoms with Crippen LogP contribution in [0.3, 0.4) is 0 Å². The van der Waals surface area contributed by atoms with Crippen LogP contribution in [0.5, 0.6) is 0 Å². The van der Waals surface area contributed by atoms with Gasteiger partial charge in [0.05, 0.1) is 23.1 Å². The number of hydrogen-bond donors (Lipinski definition) is 0. The van der Waals surface area contributed by atoms with Crippen LogP contribution in [0.4, 0.5) is 9.18 Å². The molecule has 1 aromatic heterocycles. The molecule has 5 nitrogen and oxygen atoms in total. The van der Waals surface area contributed by atoms with Crippen LogP contribution in [0.15, 0.2) is 77.8 Å². The maximum Gasteiger partial charge on any atom is 0.293 e. The average Bonchev–Trinajstić information content (AvgIpc) is 3.33. The van der Waals surface area contributed by atoms with Crippen LogP contribution < -0.4 is 0 Å². The third-order valence-corrected chi connectivity index (χ3v) is 7.06. The first-order valence-corrected chi connectivity index (χ1v) is 11.9. The minimum absolute atomic E-state index is 0.0383. The van der Waals surface area contributed by atoms with Gasteiger partial charge in [-0.2, -0.15) is 5.26 Å². The molecular formula is C27H17ClFN3O2S. The number of nitrogens with zero attached hydrogens (tertiary/aromatic N) is 3. The third-order valence-electron chi connectivity index (χ3n) is 5.80. The lowest BCUT2D eigenvalue weighted by Gasteiger charge is -2.13. The molecule has 172 valence electrons. The van der Waals surface area contributed by atoms with Crippen molar-refractivity contribution in [3.05, 3.63) is 111 Å². The Hall–Kier alpha value is -3.86. The molecule has 0 unspecified atom stereocenters. The molecule has 0 spiro atoms. The number of carbonyl (C=O) groups is 2. The number of rotatable bonds is 5. The number of carbonyl (C=O) groups excluding carboxylic acids is 2. The summed E-state index contributed by atoms with van der Waals surface area (Å²) in [5.74, 6) is -0.795. The second kappa shape index (κ2) is 9.41. The fraction of sp³-hybridized carbons (Fsp3) is 0.0741. The molecule has 0 N–H and O–H groups in total. The number of halogens is 2. The lowest BCUT2D eigenvalue weighted by atomic mass is 10.1. The van der Waals surface area contributed by atoms with Gasteiger partial charge >= 0.3 is 0 Å². The third kappa shape index (κ3) is 4.46. The number of nitriles is 1. The molecule has 4 aromatic rings. The van der Waals surface area contributed by atoms with Crippen molar-refractivity contribution in [2.24, 2.45) is 0 Å². The maximum absolute atomic E-state index is 13.5. The van der Waals surface area contributed by atoms with E-state index in [2.05, 4.69) is 6.07 Å². The zero-order chi connectivity index (χ0) is 24.5. The van der Waals surface area contributed by atoms with Gasteiger partial charge in [-0.3, -0.25) is 14.5 Å². The summed E-state index contributed by atoms with van der Waals surface area (Å²) in [5, 5.41) is 10.2. The maximum atomic E-state index is 13.5. The van der Waals surface area contributed by atoms with Crippen LogP contribution in [-0.2, 0) is 17.9 Å². The Balaban J connectivity index is 1.47. The summed E-state index contributed by atoms with van der Waals surface area (Å²) in [6.45, 7) is 0.455. The number of amides is 2. The quantitative estimate of drug-likeness (QED) is 0.289. The van der Waals surface area contributed by atoms with E-state index in [0.717, 1.165) is 38.7 Å². The molecule has 8 heteroatoms. The lowest BCUT2D eigenvalue weighted by Crippen LogP contribution is -2.27. The van der Waals surface area contributed by atoms with Crippen LogP contribution in [-0.4, -0.2) is 20.6 Å². The summed E-state index contributed by atoms with van der Waals surface area (Å²) in [5.41, 5.74) is 3.50. The highest BCUT2D eigenvalue weighted by Crippen LogP contribution is 2.35. The first-order valence-electron chi connectivity index (χ1n) is 10.7. The molecule has 1 saturated heterocycles. The van der Waals surface area contributed by atoms with Crippen molar-refractivity contribution in [2.45, 2.75) is 13.1 Å². The molecule has 3 aromatic carbocycles. The van der Waals surface area contributed by atoms with E-state index in [9.17, 15) is 19.2 Å². The fourth-order valence-electron chi connectivity index (χ4n) is 4.07. The second-order valence-electron chi connectivity index (χ2n) is 8.00. The van der Waals surface area contributed by atoms with E-state index in [-0.39, 0.29) is 11.8 Å². The Kier molecular flexibility index (Phi) is 6.16. The van der Waals surface area contributed by atoms with E-state index in [1.54, 1.807) is 36.4 Å². The molecule has 0 atom stereocenters. The monoisotopic (exact) mass is 501 g/mol. The minimum Gasteiger partial charge on any atom is -0.342 e. The standard InChI is InChI=1S/C27H17ClFN3O2S/c28-23-12-21(29)10-9-19(23)14-31-15-20(22-7-3-4-8-24(22)31)11-25-26(33)32(27(34)35-25)16-18-6-2-1-5-17(18)13-30/h1-12,15H,14,16H2/b25-11-. The molecule has 1 aliphatic heterocycles. The fourth-order valence-corrected chi connectivity index (χ4v) is 5.13. The molecular weight excluding hydrogens is 485 g/mol. The van der Waals surface area contributed by atoms with Gasteiger partial charge in [0, 0.05) is 34.2 Å². The number of imide groups is 1. The van der Waals surface area contributed by atoms with Gasteiger partial charge < -0.3 is 4.57 Å². The largest absolute Gasteiger partial charge is 0.342 e. The van der Waals surface area contributed by atoms with Gasteiger partial charge in [-0.15, -0.1) is 0 Å². The second-order valence-corrected chi connectivity index (χ2v) is 9.40. The Morgan fingerprint density at radius 2 is 1.77 bits per heavy atom. The number of thioether (sulfide) groups is 1. The average molecular weight is 502 g/mol. The van der Waals surface area contributed by atoms with Gasteiger partial charge in [0.1, 0.15) is 5.82 Å². The van der Waals surface area contributed by atoms with Gasteiger partial charge in [0.25, 0.3) is 11.1 Å². The molecule has 5 rings (SSSR count). The Morgan fingerprint density at radius 3 is 2.57 bits per heavy atom. The minimum atomic E-state index is -0.398. The number of fused-ring (bicyclic) bond motifs is 1. The van der Waals surface area contributed by atoms with E-state index < -0.39 is 11.7 Å². The highest BCUT2D eigenvalue weighted by molar-refractivity contribution is 8.18. The first kappa shape index (κ1) is 22.9. The topological polar surface area (TPSA) is 66.1 Å². The van der Waals surface area contributed by atoms with Crippen LogP contribution >= 0.6 is 23.4 Å². The summed E-state index contributed by atoms with van der Waals surface area (Å²) in [6, 6.07) is 21.0. The Labute approximate surface area is 210 Å². The van der Waals surface area contributed by atoms with Crippen molar-refractivity contribution in [3.8, 4) is 6.07 Å². The van der Waals surface area contributed by atoms with Gasteiger partial charge in [0.2, 0.25) is 0 Å². The van der Waals surface area contributed by atoms with E-state index >= 15 is 0 Å². The van der Waals surface area contributed by atoms with Crippen molar-refractivity contribution < 1.29 is 14.0 Å².